The second-order valence-corrected chi connectivity index (χ2v) is 3.63. The quantitative estimate of drug-likeness (QED) is 0.654. The molecule has 0 unspecified atom stereocenters. The van der Waals surface area contributed by atoms with Crippen molar-refractivity contribution in [2.24, 2.45) is 5.92 Å². The molecule has 13 heavy (non-hydrogen) atoms. The number of amides is 1. The average molecular weight is 187 g/mol. The molecule has 1 amide bonds. The van der Waals surface area contributed by atoms with Gasteiger partial charge in [-0.3, -0.25) is 4.79 Å². The molecule has 1 aliphatic rings. The summed E-state index contributed by atoms with van der Waals surface area (Å²) in [7, 11) is 0. The molecule has 0 aliphatic carbocycles. The Bertz CT molecular complexity index is 176. The second-order valence-electron chi connectivity index (χ2n) is 3.63. The van der Waals surface area contributed by atoms with Crippen LogP contribution >= 0.6 is 0 Å². The van der Waals surface area contributed by atoms with Crippen LogP contribution in [0.15, 0.2) is 0 Å². The van der Waals surface area contributed by atoms with Crippen LogP contribution in [0.3, 0.4) is 0 Å². The summed E-state index contributed by atoms with van der Waals surface area (Å²) in [5.41, 5.74) is 0. The Labute approximate surface area is 78.5 Å². The summed E-state index contributed by atoms with van der Waals surface area (Å²) in [5, 5.41) is 9.52. The van der Waals surface area contributed by atoms with Gasteiger partial charge in [-0.1, -0.05) is 13.8 Å². The van der Waals surface area contributed by atoms with Crippen molar-refractivity contribution >= 4 is 5.91 Å². The topological polar surface area (TPSA) is 49.8 Å². The predicted octanol–water partition coefficient (Wildman–Crippen LogP) is -0.138. The van der Waals surface area contributed by atoms with Crippen molar-refractivity contribution in [3.05, 3.63) is 0 Å². The number of aliphatic hydroxyl groups is 1. The summed E-state index contributed by atoms with van der Waals surface area (Å²) in [6.45, 7) is 6.03. The molecule has 1 N–H and O–H groups in total. The Morgan fingerprint density at radius 2 is 1.92 bits per heavy atom. The maximum absolute atomic E-state index is 11.6. The molecule has 0 spiro atoms. The van der Waals surface area contributed by atoms with Gasteiger partial charge >= 0.3 is 0 Å². The zero-order valence-corrected chi connectivity index (χ0v) is 8.19. The Balaban J connectivity index is 2.45. The first-order valence-electron chi connectivity index (χ1n) is 4.67. The van der Waals surface area contributed by atoms with Crippen LogP contribution in [0.25, 0.3) is 0 Å². The molecule has 0 radical (unpaired) electrons. The first kappa shape index (κ1) is 10.5. The van der Waals surface area contributed by atoms with Crippen molar-refractivity contribution in [1.29, 1.82) is 0 Å². The lowest BCUT2D eigenvalue weighted by molar-refractivity contribution is -0.146. The SMILES string of the molecule is CC(C)[C@@H](O)C(=O)N1CCOCC1. The van der Waals surface area contributed by atoms with Crippen LogP contribution in [0.5, 0.6) is 0 Å². The largest absolute Gasteiger partial charge is 0.383 e. The molecule has 1 heterocycles. The van der Waals surface area contributed by atoms with E-state index in [1.807, 2.05) is 13.8 Å². The van der Waals surface area contributed by atoms with Crippen LogP contribution in [-0.4, -0.2) is 48.3 Å². The number of carbonyl (C=O) groups is 1. The summed E-state index contributed by atoms with van der Waals surface area (Å²) in [4.78, 5) is 13.2. The lowest BCUT2D eigenvalue weighted by atomic mass is 10.1. The van der Waals surface area contributed by atoms with Crippen molar-refractivity contribution in [3.8, 4) is 0 Å². The molecular weight excluding hydrogens is 170 g/mol. The number of aliphatic hydroxyl groups excluding tert-OH is 1. The van der Waals surface area contributed by atoms with Crippen LogP contribution in [-0.2, 0) is 9.53 Å². The third-order valence-corrected chi connectivity index (χ3v) is 2.21. The van der Waals surface area contributed by atoms with E-state index < -0.39 is 6.10 Å². The normalized spacial score (nSPS) is 20.5. The predicted molar refractivity (Wildman–Crippen MR) is 48.2 cm³/mol. The van der Waals surface area contributed by atoms with Crippen LogP contribution in [0.2, 0.25) is 0 Å². The molecular formula is C9H17NO3. The Hall–Kier alpha value is -0.610. The smallest absolute Gasteiger partial charge is 0.251 e. The van der Waals surface area contributed by atoms with E-state index >= 15 is 0 Å². The average Bonchev–Trinajstić information content (AvgIpc) is 2.17. The number of rotatable bonds is 2. The minimum atomic E-state index is -0.863. The molecule has 76 valence electrons. The van der Waals surface area contributed by atoms with E-state index in [9.17, 15) is 9.90 Å². The van der Waals surface area contributed by atoms with Gasteiger partial charge in [0.15, 0.2) is 0 Å². The maximum Gasteiger partial charge on any atom is 0.251 e. The van der Waals surface area contributed by atoms with E-state index in [0.717, 1.165) is 0 Å². The second kappa shape index (κ2) is 4.58. The fraction of sp³-hybridized carbons (Fsp3) is 0.889. The molecule has 0 saturated carbocycles. The van der Waals surface area contributed by atoms with Gasteiger partial charge in [0.05, 0.1) is 13.2 Å². The van der Waals surface area contributed by atoms with Gasteiger partial charge in [0.1, 0.15) is 6.10 Å². The molecule has 4 nitrogen and oxygen atoms in total. The molecule has 4 heteroatoms. The highest BCUT2D eigenvalue weighted by molar-refractivity contribution is 5.80. The number of hydrogen-bond acceptors (Lipinski definition) is 3. The van der Waals surface area contributed by atoms with E-state index in [0.29, 0.717) is 26.3 Å². The van der Waals surface area contributed by atoms with E-state index in [1.165, 1.54) is 0 Å². The van der Waals surface area contributed by atoms with Gasteiger partial charge in [-0.15, -0.1) is 0 Å². The number of carbonyl (C=O) groups excluding carboxylic acids is 1. The summed E-state index contributed by atoms with van der Waals surface area (Å²) >= 11 is 0. The molecule has 0 aromatic carbocycles. The maximum atomic E-state index is 11.6. The highest BCUT2D eigenvalue weighted by atomic mass is 16.5. The van der Waals surface area contributed by atoms with Crippen molar-refractivity contribution in [3.63, 3.8) is 0 Å². The Morgan fingerprint density at radius 1 is 1.38 bits per heavy atom. The Kier molecular flexibility index (Phi) is 3.69. The minimum absolute atomic E-state index is 0.0182. The van der Waals surface area contributed by atoms with Crippen molar-refractivity contribution in [2.45, 2.75) is 20.0 Å². The van der Waals surface area contributed by atoms with Gasteiger partial charge in [-0.25, -0.2) is 0 Å². The first-order valence-corrected chi connectivity index (χ1v) is 4.67. The van der Waals surface area contributed by atoms with Gasteiger partial charge in [-0.2, -0.15) is 0 Å². The summed E-state index contributed by atoms with van der Waals surface area (Å²) in [5.74, 6) is -0.186. The fourth-order valence-corrected chi connectivity index (χ4v) is 1.26. The summed E-state index contributed by atoms with van der Waals surface area (Å²) in [6, 6.07) is 0. The zero-order chi connectivity index (χ0) is 9.84. The van der Waals surface area contributed by atoms with Gasteiger partial charge in [0, 0.05) is 13.1 Å². The fourth-order valence-electron chi connectivity index (χ4n) is 1.26. The van der Waals surface area contributed by atoms with Crippen molar-refractivity contribution in [2.75, 3.05) is 26.3 Å². The van der Waals surface area contributed by atoms with E-state index in [1.54, 1.807) is 4.90 Å². The molecule has 0 bridgehead atoms. The van der Waals surface area contributed by atoms with Crippen LogP contribution in [0.1, 0.15) is 13.8 Å². The summed E-state index contributed by atoms with van der Waals surface area (Å²) in [6.07, 6.45) is -0.863. The zero-order valence-electron chi connectivity index (χ0n) is 8.19. The summed E-state index contributed by atoms with van der Waals surface area (Å²) < 4.78 is 5.11. The monoisotopic (exact) mass is 187 g/mol. The third kappa shape index (κ3) is 2.67. The van der Waals surface area contributed by atoms with Crippen molar-refractivity contribution in [1.82, 2.24) is 4.90 Å². The molecule has 1 fully saturated rings. The number of ether oxygens (including phenoxy) is 1. The highest BCUT2D eigenvalue weighted by Crippen LogP contribution is 2.07. The van der Waals surface area contributed by atoms with Gasteiger partial charge in [-0.05, 0) is 5.92 Å². The number of hydrogen-bond donors (Lipinski definition) is 1. The standard InChI is InChI=1S/C9H17NO3/c1-7(2)8(11)9(12)10-3-5-13-6-4-10/h7-8,11H,3-6H2,1-2H3/t8-/m1/s1. The lowest BCUT2D eigenvalue weighted by Gasteiger charge is -2.29. The van der Waals surface area contributed by atoms with Gasteiger partial charge in [0.25, 0.3) is 5.91 Å². The lowest BCUT2D eigenvalue weighted by Crippen LogP contribution is -2.47. The molecule has 0 aromatic rings. The van der Waals surface area contributed by atoms with Crippen LogP contribution < -0.4 is 0 Å². The van der Waals surface area contributed by atoms with Crippen LogP contribution in [0.4, 0.5) is 0 Å². The molecule has 1 saturated heterocycles. The Morgan fingerprint density at radius 3 is 2.38 bits per heavy atom. The van der Waals surface area contributed by atoms with Gasteiger partial charge < -0.3 is 14.7 Å². The van der Waals surface area contributed by atoms with E-state index in [4.69, 9.17) is 4.74 Å². The third-order valence-electron chi connectivity index (χ3n) is 2.21. The minimum Gasteiger partial charge on any atom is -0.383 e. The molecule has 1 atom stereocenters. The number of nitrogens with zero attached hydrogens (tertiary/aromatic N) is 1. The van der Waals surface area contributed by atoms with Crippen molar-refractivity contribution < 1.29 is 14.6 Å². The van der Waals surface area contributed by atoms with Gasteiger partial charge in [0.2, 0.25) is 0 Å². The van der Waals surface area contributed by atoms with Crippen LogP contribution in [0, 0.1) is 5.92 Å². The molecule has 1 aliphatic heterocycles. The highest BCUT2D eigenvalue weighted by Gasteiger charge is 2.25. The van der Waals surface area contributed by atoms with E-state index in [2.05, 4.69) is 0 Å². The first-order chi connectivity index (χ1) is 6.13. The molecule has 1 rings (SSSR count). The number of morpholine rings is 1. The van der Waals surface area contributed by atoms with E-state index in [-0.39, 0.29) is 11.8 Å². The molecule has 0 aromatic heterocycles.